The van der Waals surface area contributed by atoms with Crippen LogP contribution >= 0.6 is 0 Å². The standard InChI is InChI=1S/C21H39NO5.C20H35NO7.C20H35NO6.C20H37NO5.C18H31NO6/c1-13-7-8-16-14(2)17(25-12-11-22-19(3,4)5)26-18-21(16,24)15(13)9-10-20(6,23)27-18;1-5-25-18(22)21-10-11-26-16-13(3)15-7-6-12(2)14-8-9-19(4,23)28-17(27-16)20(14,15)24;1-12-6-7-15-13(2)17(25-11-9-16(22)21(4)5)26-18-20(15,24)14(12)8-10-19(3,23)27-18;1-13-7-8-16-14(2)17(24-12-6-11-21(4)5)25-18-20(16,23)15(13)9-10-19(3,22)26-18;1-10-5-6-13-11(2)15(23-9-14(20)19-4)24-16-18(13,22)12(10)7-8-17(3,21)25-16/h13-18,22-24H,7-12H2,1-6H3;12-17,23-24H,5-11H2,1-4H3,(H,21,22);12-15,17-18,23-24H,6-11H2,1-5H3;13-18,22-23H,6-12H2,1-5H3;10-13,15-16,21-22H,5-9H2,1-4H3,(H,19,20)/t13-,14-,15?,16?,17?,18-,20+,21-;12-,13-,14?,15?,16?,17-,19+,20-;12-,13-,14?,15?,17?,18-,19+,20-;13-,14-,15?,16?,17?,18-,19+,20-;10-,11-,12?,13?,15?,16-,17+,18-/m11111/s1. The van der Waals surface area contributed by atoms with Gasteiger partial charge in [-0.25, -0.2) is 4.79 Å². The summed E-state index contributed by atoms with van der Waals surface area (Å²) >= 11 is 0. The molecule has 15 aliphatic rings. The molecule has 0 aromatic heterocycles. The molecule has 5 saturated carbocycles. The highest BCUT2D eigenvalue weighted by Gasteiger charge is 2.70. The number of aliphatic hydroxyl groups is 10. The Kier molecular flexibility index (Phi) is 37.0. The molecule has 15 unspecified atom stereocenters. The van der Waals surface area contributed by atoms with Crippen molar-refractivity contribution in [2.45, 2.75) is 398 Å². The maximum absolute atomic E-state index is 11.8. The van der Waals surface area contributed by atoms with Crippen molar-refractivity contribution in [1.82, 2.24) is 25.8 Å². The molecule has 0 aromatic carbocycles. The van der Waals surface area contributed by atoms with Gasteiger partial charge >= 0.3 is 6.09 Å². The van der Waals surface area contributed by atoms with E-state index in [0.717, 1.165) is 96.6 Å². The van der Waals surface area contributed by atoms with Crippen LogP contribution in [0.4, 0.5) is 4.79 Å². The second-order valence-corrected chi connectivity index (χ2v) is 45.4. The molecule has 10 saturated heterocycles. The number of hydrogen-bond donors (Lipinski definition) is 13. The fourth-order valence-electron chi connectivity index (χ4n) is 26.0. The number of nitrogens with one attached hydrogen (secondary N) is 3. The third-order valence-electron chi connectivity index (χ3n) is 33.7. The Labute approximate surface area is 792 Å². The number of likely N-dealkylation sites (N-methyl/N-ethyl adjacent to an activating group) is 1. The van der Waals surface area contributed by atoms with Crippen LogP contribution in [0.2, 0.25) is 0 Å². The highest BCUT2D eigenvalue weighted by Crippen LogP contribution is 2.62. The van der Waals surface area contributed by atoms with E-state index in [0.29, 0.717) is 107 Å². The van der Waals surface area contributed by atoms with E-state index in [-0.39, 0.29) is 132 Å². The molecule has 0 aromatic rings. The smallest absolute Gasteiger partial charge is 0.407 e. The lowest BCUT2D eigenvalue weighted by Gasteiger charge is -2.57. The Hall–Kier alpha value is -2.87. The molecule has 10 aliphatic heterocycles. The largest absolute Gasteiger partial charge is 0.450 e. The maximum Gasteiger partial charge on any atom is 0.407 e. The summed E-state index contributed by atoms with van der Waals surface area (Å²) in [4.78, 5) is 38.3. The van der Waals surface area contributed by atoms with E-state index >= 15 is 0 Å². The number of carbonyl (C=O) groups is 3. The highest BCUT2D eigenvalue weighted by molar-refractivity contribution is 5.76. The number of carbonyl (C=O) groups excluding carboxylic acids is 3. The summed E-state index contributed by atoms with van der Waals surface area (Å²) in [6.45, 7) is 41.3. The van der Waals surface area contributed by atoms with Crippen molar-refractivity contribution in [3.8, 4) is 0 Å². The summed E-state index contributed by atoms with van der Waals surface area (Å²) < 4.78 is 94.1. The van der Waals surface area contributed by atoms with E-state index in [4.69, 9.17) is 75.8 Å². The van der Waals surface area contributed by atoms with Gasteiger partial charge in [0.25, 0.3) is 0 Å². The van der Waals surface area contributed by atoms with Crippen LogP contribution < -0.4 is 16.0 Å². The summed E-state index contributed by atoms with van der Waals surface area (Å²) in [5, 5.41) is 120. The van der Waals surface area contributed by atoms with Gasteiger partial charge in [-0.2, -0.15) is 0 Å². The average Bonchev–Trinajstić information content (AvgIpc) is 1.73. The van der Waals surface area contributed by atoms with Gasteiger partial charge in [0.2, 0.25) is 11.8 Å². The Morgan fingerprint density at radius 1 is 0.376 bits per heavy atom. The summed E-state index contributed by atoms with van der Waals surface area (Å²) in [6.07, 6.45) is 9.21. The number of nitrogens with zero attached hydrogens (tertiary/aromatic N) is 2. The number of ether oxygens (including phenoxy) is 16. The number of amides is 3. The molecule has 34 nitrogen and oxygen atoms in total. The quantitative estimate of drug-likeness (QED) is 0.0475. The first kappa shape index (κ1) is 111. The Bertz CT molecular complexity index is 3690. The van der Waals surface area contributed by atoms with Gasteiger partial charge in [0, 0.05) is 131 Å². The van der Waals surface area contributed by atoms with E-state index in [9.17, 15) is 65.4 Å². The van der Waals surface area contributed by atoms with Gasteiger partial charge in [-0.3, -0.25) is 9.59 Å². The van der Waals surface area contributed by atoms with Gasteiger partial charge in [-0.1, -0.05) is 69.2 Å². The molecule has 34 heteroatoms. The number of alkyl carbamates (subject to hydrolysis) is 1. The first-order valence-electron chi connectivity index (χ1n) is 50.7. The van der Waals surface area contributed by atoms with Gasteiger partial charge in [0.05, 0.1) is 39.5 Å². The molecular formula is C99H177N5O29. The van der Waals surface area contributed by atoms with E-state index < -0.39 is 126 Å². The average molecular weight is 1900 g/mol. The fourth-order valence-corrected chi connectivity index (χ4v) is 26.0. The van der Waals surface area contributed by atoms with Crippen molar-refractivity contribution < 1.29 is 141 Å². The fraction of sp³-hybridized carbons (Fsp3) is 0.970. The first-order chi connectivity index (χ1) is 62.0. The van der Waals surface area contributed by atoms with Gasteiger partial charge in [0.15, 0.2) is 91.8 Å². The van der Waals surface area contributed by atoms with E-state index in [2.05, 4.69) is 90.1 Å². The van der Waals surface area contributed by atoms with Crippen LogP contribution in [-0.2, 0) is 85.4 Å². The van der Waals surface area contributed by atoms with Crippen molar-refractivity contribution in [1.29, 1.82) is 0 Å². The van der Waals surface area contributed by atoms with Crippen molar-refractivity contribution in [2.75, 3.05) is 94.5 Å². The number of hydrogen-bond acceptors (Lipinski definition) is 31. The molecule has 15 rings (SSSR count). The van der Waals surface area contributed by atoms with Crippen LogP contribution in [0.1, 0.15) is 273 Å². The molecule has 5 aliphatic carbocycles. The molecule has 3 amide bonds. The predicted octanol–water partition coefficient (Wildman–Crippen LogP) is 9.48. The van der Waals surface area contributed by atoms with Crippen LogP contribution in [0.25, 0.3) is 0 Å². The van der Waals surface area contributed by atoms with Crippen LogP contribution in [0, 0.1) is 118 Å². The van der Waals surface area contributed by atoms with Crippen molar-refractivity contribution in [2.24, 2.45) is 118 Å². The van der Waals surface area contributed by atoms with Gasteiger partial charge in [0.1, 0.15) is 34.6 Å². The second-order valence-electron chi connectivity index (χ2n) is 45.4. The van der Waals surface area contributed by atoms with E-state index in [1.807, 2.05) is 34.9 Å². The topological polar surface area (TPSA) is 444 Å². The molecule has 0 radical (unpaired) electrons. The molecule has 772 valence electrons. The second kappa shape index (κ2) is 44.6. The maximum atomic E-state index is 11.8. The van der Waals surface area contributed by atoms with Crippen LogP contribution in [0.5, 0.6) is 0 Å². The van der Waals surface area contributed by atoms with Crippen molar-refractivity contribution in [3.05, 3.63) is 0 Å². The van der Waals surface area contributed by atoms with Gasteiger partial charge in [-0.15, -0.1) is 0 Å². The monoisotopic (exact) mass is 1900 g/mol. The van der Waals surface area contributed by atoms with E-state index in [1.54, 1.807) is 62.7 Å². The normalized spacial score (nSPS) is 47.8. The Morgan fingerprint density at radius 2 is 0.647 bits per heavy atom. The molecule has 0 bridgehead atoms. The molecule has 0 spiro atoms. The molecule has 15 fully saturated rings. The molecule has 133 heavy (non-hydrogen) atoms. The van der Waals surface area contributed by atoms with Crippen LogP contribution in [-0.4, -0.2) is 299 Å². The minimum Gasteiger partial charge on any atom is -0.450 e. The molecular weight excluding hydrogens is 1720 g/mol. The number of rotatable bonds is 21. The minimum atomic E-state index is -1.35. The summed E-state index contributed by atoms with van der Waals surface area (Å²) in [5.74, 6) is -4.85. The lowest BCUT2D eigenvalue weighted by atomic mass is 9.58. The van der Waals surface area contributed by atoms with Gasteiger partial charge in [-0.05, 0) is 245 Å². The molecule has 40 atom stereocenters. The first-order valence-corrected chi connectivity index (χ1v) is 50.7. The summed E-state index contributed by atoms with van der Waals surface area (Å²) in [5.41, 5.74) is -5.50. The highest BCUT2D eigenvalue weighted by atomic mass is 16.8. The van der Waals surface area contributed by atoms with Gasteiger partial charge < -0.3 is 153 Å². The lowest BCUT2D eigenvalue weighted by molar-refractivity contribution is -0.408. The zero-order valence-electron chi connectivity index (χ0n) is 84.9. The lowest BCUT2D eigenvalue weighted by Crippen LogP contribution is -2.67. The molecule has 10 heterocycles. The third-order valence-corrected chi connectivity index (χ3v) is 33.7. The Balaban J connectivity index is 0.000000160. The van der Waals surface area contributed by atoms with E-state index in [1.165, 1.54) is 4.90 Å². The molecule has 13 N–H and O–H groups in total. The summed E-state index contributed by atoms with van der Waals surface area (Å²) in [7, 11) is 9.07. The summed E-state index contributed by atoms with van der Waals surface area (Å²) in [6, 6.07) is 0. The van der Waals surface area contributed by atoms with Crippen LogP contribution in [0.3, 0.4) is 0 Å². The SMILES string of the molecule is CCOC(=O)NCCOC1O[C@@H]2O[C@](C)(O)CCC3[C@H](C)CCC([C@H]1C)[C@]32O.CNC(=O)COC1O[C@@H]2O[C@](C)(O)CCC3[C@H](C)CCC([C@H]1C)[C@]32O.C[C@H]1C(OCCC(=O)N(C)C)O[C@@H]2O[C@](C)(O)CCC3[C@H](C)CCC1[C@]32O.C[C@H]1C(OCCCN(C)C)O[C@@H]2O[C@](C)(O)CCC3[C@H](C)CCC1[C@]32O.C[C@H]1C(OCCNC(C)(C)C)O[C@@H]2O[C@](C)(O)CCC3[C@H](C)CCC1[C@]32O. The predicted molar refractivity (Wildman–Crippen MR) is 489 cm³/mol. The minimum absolute atomic E-state index is 0.00447. The Morgan fingerprint density at radius 3 is 0.910 bits per heavy atom. The van der Waals surface area contributed by atoms with Crippen LogP contribution in [0.15, 0.2) is 0 Å². The third kappa shape index (κ3) is 25.0. The van der Waals surface area contributed by atoms with Crippen molar-refractivity contribution >= 4 is 17.9 Å². The van der Waals surface area contributed by atoms with Crippen molar-refractivity contribution in [3.63, 3.8) is 0 Å². The zero-order valence-corrected chi connectivity index (χ0v) is 84.9. The zero-order chi connectivity index (χ0) is 98.1.